The zero-order valence-electron chi connectivity index (χ0n) is 20.5. The highest BCUT2D eigenvalue weighted by Crippen LogP contribution is 2.66. The molecular weight excluding hydrogens is 426 g/mol. The largest absolute Gasteiger partial charge is 0.294 e. The number of rotatable bonds is 4. The van der Waals surface area contributed by atoms with Crippen LogP contribution in [0.2, 0.25) is 0 Å². The molecule has 0 aliphatic heterocycles. The van der Waals surface area contributed by atoms with E-state index in [1.807, 2.05) is 0 Å². The molecule has 8 bridgehead atoms. The summed E-state index contributed by atoms with van der Waals surface area (Å²) in [5.74, 6) is 3.33. The molecule has 4 unspecified atom stereocenters. The summed E-state index contributed by atoms with van der Waals surface area (Å²) in [4.78, 5) is 39.9. The number of nitrogens with one attached hydrogen (secondary N) is 2. The number of hydrogen-bond donors (Lipinski definition) is 2. The van der Waals surface area contributed by atoms with Crippen LogP contribution in [0.25, 0.3) is 0 Å². The average molecular weight is 464 g/mol. The van der Waals surface area contributed by atoms with Crippen LogP contribution in [0.4, 0.5) is 11.9 Å². The second-order valence-corrected chi connectivity index (χ2v) is 14.1. The topological polar surface area (TPSA) is 96.9 Å². The van der Waals surface area contributed by atoms with Gasteiger partial charge in [-0.3, -0.25) is 20.2 Å². The van der Waals surface area contributed by atoms with Crippen molar-refractivity contribution in [2.24, 2.45) is 45.3 Å². The van der Waals surface area contributed by atoms with Gasteiger partial charge in [0.05, 0.1) is 10.8 Å². The Kier molecular flexibility index (Phi) is 4.24. The Morgan fingerprint density at radius 1 is 0.706 bits per heavy atom. The van der Waals surface area contributed by atoms with Crippen molar-refractivity contribution >= 4 is 23.7 Å². The van der Waals surface area contributed by atoms with Crippen LogP contribution in [0.5, 0.6) is 0 Å². The van der Waals surface area contributed by atoms with Crippen LogP contribution in [0.3, 0.4) is 0 Å². The minimum Gasteiger partial charge on any atom is -0.294 e. The van der Waals surface area contributed by atoms with Crippen LogP contribution in [0, 0.1) is 45.3 Å². The lowest BCUT2D eigenvalue weighted by Gasteiger charge is -2.60. The lowest BCUT2D eigenvalue weighted by atomic mass is 9.44. The summed E-state index contributed by atoms with van der Waals surface area (Å²) < 4.78 is 0. The van der Waals surface area contributed by atoms with E-state index in [1.165, 1.54) is 44.9 Å². The van der Waals surface area contributed by atoms with E-state index >= 15 is 0 Å². The van der Waals surface area contributed by atoms with Crippen molar-refractivity contribution in [1.82, 2.24) is 15.0 Å². The summed E-state index contributed by atoms with van der Waals surface area (Å²) in [7, 11) is 0. The van der Waals surface area contributed by atoms with Crippen LogP contribution in [-0.4, -0.2) is 26.8 Å². The van der Waals surface area contributed by atoms with Gasteiger partial charge < -0.3 is 0 Å². The molecule has 1 aromatic heterocycles. The smallest absolute Gasteiger partial charge is 0.234 e. The highest BCUT2D eigenvalue weighted by molar-refractivity contribution is 5.96. The molecule has 7 heteroatoms. The summed E-state index contributed by atoms with van der Waals surface area (Å²) in [6, 6.07) is 0. The van der Waals surface area contributed by atoms with E-state index < -0.39 is 0 Å². The van der Waals surface area contributed by atoms with Gasteiger partial charge in [-0.1, -0.05) is 13.8 Å². The van der Waals surface area contributed by atoms with E-state index in [0.29, 0.717) is 34.5 Å². The van der Waals surface area contributed by atoms with Gasteiger partial charge in [-0.15, -0.1) is 0 Å². The molecule has 2 N–H and O–H groups in total. The minimum atomic E-state index is -0.288. The van der Waals surface area contributed by atoms with Gasteiger partial charge in [0, 0.05) is 0 Å². The van der Waals surface area contributed by atoms with Crippen LogP contribution in [0.15, 0.2) is 6.33 Å². The Morgan fingerprint density at radius 2 is 1.09 bits per heavy atom. The molecule has 1 heterocycles. The van der Waals surface area contributed by atoms with Crippen molar-refractivity contribution in [3.05, 3.63) is 6.33 Å². The van der Waals surface area contributed by atoms with E-state index in [-0.39, 0.29) is 34.5 Å². The predicted octanol–water partition coefficient (Wildman–Crippen LogP) is 4.96. The van der Waals surface area contributed by atoms with E-state index in [4.69, 9.17) is 0 Å². The van der Waals surface area contributed by atoms with E-state index in [2.05, 4.69) is 39.4 Å². The first-order valence-electron chi connectivity index (χ1n) is 13.5. The molecule has 8 saturated carbocycles. The molecule has 8 aliphatic carbocycles. The summed E-state index contributed by atoms with van der Waals surface area (Å²) in [5, 5.41) is 6.04. The van der Waals surface area contributed by atoms with Crippen LogP contribution < -0.4 is 10.6 Å². The van der Waals surface area contributed by atoms with Crippen molar-refractivity contribution in [3.63, 3.8) is 0 Å². The molecule has 0 radical (unpaired) electrons. The standard InChI is InChI=1S/C27H37N5O2/c1-24-5-16-3-17(6-24)10-26(9-16,13-24)20(33)30-22-28-15-29-23(32-22)31-21(34)27-11-18-4-19(12-27)8-25(2,7-18)14-27/h15-19H,3-14H2,1-2H3,(H2,28,29,30,31,32,33,34). The maximum Gasteiger partial charge on any atom is 0.234 e. The van der Waals surface area contributed by atoms with Crippen molar-refractivity contribution < 1.29 is 9.59 Å². The molecule has 1 aromatic rings. The number of carbonyl (C=O) groups excluding carboxylic acids is 2. The maximum absolute atomic E-state index is 13.5. The summed E-state index contributed by atoms with van der Waals surface area (Å²) >= 11 is 0. The number of aromatic nitrogens is 3. The number of nitrogens with zero attached hydrogens (tertiary/aromatic N) is 3. The fourth-order valence-corrected chi connectivity index (χ4v) is 10.9. The van der Waals surface area contributed by atoms with Crippen molar-refractivity contribution in [3.8, 4) is 0 Å². The van der Waals surface area contributed by atoms with E-state index in [9.17, 15) is 9.59 Å². The third kappa shape index (κ3) is 3.25. The molecule has 2 amide bonds. The second kappa shape index (κ2) is 6.79. The Balaban J connectivity index is 1.07. The zero-order chi connectivity index (χ0) is 23.3. The van der Waals surface area contributed by atoms with Gasteiger partial charge in [0.2, 0.25) is 23.7 Å². The molecule has 0 aromatic carbocycles. The Bertz CT molecular complexity index is 962. The SMILES string of the molecule is CC12CC3CC(C1)CC(C(=O)Nc1ncnc(NC(=O)C45CC6CC(CC(C)(C6)C4)C5)n1)(C3)C2. The highest BCUT2D eigenvalue weighted by Gasteiger charge is 2.60. The van der Waals surface area contributed by atoms with Crippen molar-refractivity contribution in [1.29, 1.82) is 0 Å². The first-order chi connectivity index (χ1) is 16.1. The molecule has 4 atom stereocenters. The fraction of sp³-hybridized carbons (Fsp3) is 0.815. The fourth-order valence-electron chi connectivity index (χ4n) is 10.9. The molecular formula is C27H37N5O2. The number of amides is 2. The lowest BCUT2D eigenvalue weighted by molar-refractivity contribution is -0.150. The van der Waals surface area contributed by atoms with Crippen molar-refractivity contribution in [2.75, 3.05) is 10.6 Å². The molecule has 0 saturated heterocycles. The maximum atomic E-state index is 13.5. The molecule has 34 heavy (non-hydrogen) atoms. The second-order valence-electron chi connectivity index (χ2n) is 14.1. The third-order valence-electron chi connectivity index (χ3n) is 10.7. The Labute approximate surface area is 201 Å². The Morgan fingerprint density at radius 3 is 1.44 bits per heavy atom. The molecule has 7 nitrogen and oxygen atoms in total. The Hall–Kier alpha value is -2.05. The van der Waals surface area contributed by atoms with Gasteiger partial charge in [0.1, 0.15) is 6.33 Å². The van der Waals surface area contributed by atoms with Crippen LogP contribution in [0.1, 0.15) is 90.9 Å². The van der Waals surface area contributed by atoms with Gasteiger partial charge in [0.15, 0.2) is 0 Å². The molecule has 8 fully saturated rings. The van der Waals surface area contributed by atoms with Crippen LogP contribution >= 0.6 is 0 Å². The minimum absolute atomic E-state index is 0.0605. The zero-order valence-corrected chi connectivity index (χ0v) is 20.5. The summed E-state index contributed by atoms with van der Waals surface area (Å²) in [6.07, 6.45) is 14.9. The molecule has 8 aliphatic rings. The molecule has 182 valence electrons. The van der Waals surface area contributed by atoms with E-state index in [0.717, 1.165) is 38.5 Å². The monoisotopic (exact) mass is 463 g/mol. The molecule has 9 rings (SSSR count). The quantitative estimate of drug-likeness (QED) is 0.658. The number of anilines is 2. The average Bonchev–Trinajstić information content (AvgIpc) is 2.70. The normalized spacial score (nSPS) is 47.6. The predicted molar refractivity (Wildman–Crippen MR) is 128 cm³/mol. The van der Waals surface area contributed by atoms with Gasteiger partial charge in [0.25, 0.3) is 0 Å². The summed E-state index contributed by atoms with van der Waals surface area (Å²) in [6.45, 7) is 4.74. The van der Waals surface area contributed by atoms with Gasteiger partial charge in [-0.25, -0.2) is 9.97 Å². The summed E-state index contributed by atoms with van der Waals surface area (Å²) in [5.41, 5.74) is 0.0232. The first kappa shape index (κ1) is 21.3. The van der Waals surface area contributed by atoms with Gasteiger partial charge in [-0.05, 0) is 112 Å². The highest BCUT2D eigenvalue weighted by atomic mass is 16.2. The van der Waals surface area contributed by atoms with E-state index in [1.54, 1.807) is 0 Å². The van der Waals surface area contributed by atoms with Crippen LogP contribution in [-0.2, 0) is 9.59 Å². The third-order valence-corrected chi connectivity index (χ3v) is 10.7. The number of hydrogen-bond acceptors (Lipinski definition) is 5. The van der Waals surface area contributed by atoms with Gasteiger partial charge in [-0.2, -0.15) is 4.98 Å². The molecule has 0 spiro atoms. The number of carbonyl (C=O) groups is 2. The lowest BCUT2D eigenvalue weighted by Crippen LogP contribution is -2.55. The first-order valence-corrected chi connectivity index (χ1v) is 13.5. The van der Waals surface area contributed by atoms with Gasteiger partial charge >= 0.3 is 0 Å². The van der Waals surface area contributed by atoms with Crippen molar-refractivity contribution in [2.45, 2.75) is 90.9 Å².